The highest BCUT2D eigenvalue weighted by Gasteiger charge is 2.10. The summed E-state index contributed by atoms with van der Waals surface area (Å²) >= 11 is 0. The molecule has 1 amide bonds. The topological polar surface area (TPSA) is 89.2 Å². The molecular weight excluding hydrogens is 226 g/mol. The molecule has 1 N–H and O–H groups in total. The minimum Gasteiger partial charge on any atom is -0.355 e. The number of anilines is 1. The van der Waals surface area contributed by atoms with Gasteiger partial charge >= 0.3 is 5.69 Å². The normalized spacial score (nSPS) is 10.1. The molecule has 1 rings (SSSR count). The molecule has 1 aromatic rings. The predicted molar refractivity (Wildman–Crippen MR) is 61.9 cm³/mol. The molecule has 0 fully saturated rings. The number of amides is 1. The second-order valence-corrected chi connectivity index (χ2v) is 3.76. The lowest BCUT2D eigenvalue weighted by Gasteiger charge is -2.11. The van der Waals surface area contributed by atoms with Crippen molar-refractivity contribution in [1.29, 1.82) is 0 Å². The fourth-order valence-electron chi connectivity index (χ4n) is 1.13. The van der Waals surface area contributed by atoms with Gasteiger partial charge in [-0.15, -0.1) is 5.10 Å². The summed E-state index contributed by atoms with van der Waals surface area (Å²) in [6, 6.07) is 0. The number of aryl methyl sites for hydroxylation is 1. The fraction of sp³-hybridized carbons (Fsp3) is 0.556. The minimum atomic E-state index is -0.556. The lowest BCUT2D eigenvalue weighted by Crippen LogP contribution is -2.41. The minimum absolute atomic E-state index is 0.0233. The van der Waals surface area contributed by atoms with Gasteiger partial charge in [0.15, 0.2) is 0 Å². The second kappa shape index (κ2) is 4.81. The van der Waals surface area contributed by atoms with Crippen molar-refractivity contribution < 1.29 is 4.79 Å². The molecule has 0 aliphatic carbocycles. The van der Waals surface area contributed by atoms with Gasteiger partial charge in [0.2, 0.25) is 11.7 Å². The second-order valence-electron chi connectivity index (χ2n) is 3.76. The zero-order chi connectivity index (χ0) is 13.2. The summed E-state index contributed by atoms with van der Waals surface area (Å²) in [6.45, 7) is -0.0482. The third-order valence-corrected chi connectivity index (χ3v) is 2.23. The van der Waals surface area contributed by atoms with Gasteiger partial charge in [0, 0.05) is 28.2 Å². The zero-order valence-corrected chi connectivity index (χ0v) is 10.2. The van der Waals surface area contributed by atoms with Crippen LogP contribution in [0.25, 0.3) is 0 Å². The number of aromatic nitrogens is 3. The molecule has 0 unspecified atom stereocenters. The maximum absolute atomic E-state index is 11.6. The van der Waals surface area contributed by atoms with Gasteiger partial charge in [-0.2, -0.15) is 0 Å². The molecule has 0 saturated heterocycles. The van der Waals surface area contributed by atoms with E-state index in [0.29, 0.717) is 0 Å². The number of nitrogens with zero attached hydrogens (tertiary/aromatic N) is 4. The van der Waals surface area contributed by atoms with E-state index >= 15 is 0 Å². The lowest BCUT2D eigenvalue weighted by molar-refractivity contribution is -0.126. The monoisotopic (exact) mass is 241 g/mol. The van der Waals surface area contributed by atoms with Crippen LogP contribution in [0.15, 0.2) is 9.59 Å². The van der Waals surface area contributed by atoms with Crippen molar-refractivity contribution in [3.05, 3.63) is 20.8 Å². The Labute approximate surface area is 97.5 Å². The van der Waals surface area contributed by atoms with Crippen LogP contribution >= 0.6 is 0 Å². The predicted octanol–water partition coefficient (Wildman–Crippen LogP) is -2.02. The van der Waals surface area contributed by atoms with Crippen LogP contribution in [0, 0.1) is 0 Å². The van der Waals surface area contributed by atoms with Gasteiger partial charge in [-0.3, -0.25) is 14.2 Å². The standard InChI is InChI=1S/C9H15N5O3/c1-12(2)6(15)5-10-7-8(16)13(3)9(17)14(4)11-7/h5H2,1-4H3,(H,10,11). The van der Waals surface area contributed by atoms with E-state index in [9.17, 15) is 14.4 Å². The first-order chi connectivity index (χ1) is 7.84. The Morgan fingerprint density at radius 2 is 1.94 bits per heavy atom. The van der Waals surface area contributed by atoms with Crippen molar-refractivity contribution in [3.8, 4) is 0 Å². The summed E-state index contributed by atoms with van der Waals surface area (Å²) in [5, 5.41) is 6.36. The quantitative estimate of drug-likeness (QED) is 0.659. The zero-order valence-electron chi connectivity index (χ0n) is 10.2. The van der Waals surface area contributed by atoms with Crippen LogP contribution in [-0.2, 0) is 18.9 Å². The maximum atomic E-state index is 11.6. The lowest BCUT2D eigenvalue weighted by atomic mass is 10.5. The Kier molecular flexibility index (Phi) is 3.66. The molecule has 1 aromatic heterocycles. The third kappa shape index (κ3) is 2.71. The highest BCUT2D eigenvalue weighted by molar-refractivity contribution is 5.79. The molecule has 0 bridgehead atoms. The Morgan fingerprint density at radius 3 is 2.47 bits per heavy atom. The maximum Gasteiger partial charge on any atom is 0.346 e. The highest BCUT2D eigenvalue weighted by atomic mass is 16.2. The molecule has 0 aromatic carbocycles. The summed E-state index contributed by atoms with van der Waals surface area (Å²) in [6.07, 6.45) is 0. The molecule has 0 spiro atoms. The van der Waals surface area contributed by atoms with Crippen LogP contribution in [0.2, 0.25) is 0 Å². The summed E-state index contributed by atoms with van der Waals surface area (Å²) in [4.78, 5) is 35.7. The van der Waals surface area contributed by atoms with Crippen LogP contribution in [0.4, 0.5) is 5.82 Å². The van der Waals surface area contributed by atoms with Crippen molar-refractivity contribution in [3.63, 3.8) is 0 Å². The van der Waals surface area contributed by atoms with Crippen LogP contribution in [0.5, 0.6) is 0 Å². The fourth-order valence-corrected chi connectivity index (χ4v) is 1.13. The first-order valence-corrected chi connectivity index (χ1v) is 4.93. The summed E-state index contributed by atoms with van der Waals surface area (Å²) < 4.78 is 1.96. The SMILES string of the molecule is CN(C)C(=O)CNc1nn(C)c(=O)n(C)c1=O. The molecule has 1 heterocycles. The van der Waals surface area contributed by atoms with E-state index in [1.807, 2.05) is 0 Å². The Hall–Kier alpha value is -2.12. The molecule has 0 radical (unpaired) electrons. The highest BCUT2D eigenvalue weighted by Crippen LogP contribution is 1.89. The van der Waals surface area contributed by atoms with Crippen LogP contribution < -0.4 is 16.6 Å². The van der Waals surface area contributed by atoms with Crippen LogP contribution in [0.3, 0.4) is 0 Å². The summed E-state index contributed by atoms with van der Waals surface area (Å²) in [5.74, 6) is -0.215. The summed E-state index contributed by atoms with van der Waals surface area (Å²) in [7, 11) is 6.00. The van der Waals surface area contributed by atoms with Crippen LogP contribution in [0.1, 0.15) is 0 Å². The summed E-state index contributed by atoms with van der Waals surface area (Å²) in [5.41, 5.74) is -1.07. The van der Waals surface area contributed by atoms with Gasteiger partial charge in [-0.05, 0) is 0 Å². The average Bonchev–Trinajstić information content (AvgIpc) is 2.28. The number of carbonyl (C=O) groups is 1. The molecule has 8 heteroatoms. The Balaban J connectivity index is 2.98. The van der Waals surface area contributed by atoms with Gasteiger partial charge in [-0.1, -0.05) is 0 Å². The molecule has 0 aliphatic rings. The average molecular weight is 241 g/mol. The van der Waals surface area contributed by atoms with Gasteiger partial charge in [0.25, 0.3) is 5.56 Å². The van der Waals surface area contributed by atoms with E-state index in [-0.39, 0.29) is 18.3 Å². The number of rotatable bonds is 3. The van der Waals surface area contributed by atoms with Crippen LogP contribution in [-0.4, -0.2) is 45.8 Å². The van der Waals surface area contributed by atoms with Gasteiger partial charge < -0.3 is 10.2 Å². The molecule has 0 atom stereocenters. The number of likely N-dealkylation sites (N-methyl/N-ethyl adjacent to an activating group) is 1. The van der Waals surface area contributed by atoms with E-state index in [0.717, 1.165) is 9.25 Å². The van der Waals surface area contributed by atoms with Gasteiger partial charge in [0.1, 0.15) is 0 Å². The number of nitrogens with one attached hydrogen (secondary N) is 1. The Bertz CT molecular complexity index is 543. The van der Waals surface area contributed by atoms with E-state index in [2.05, 4.69) is 10.4 Å². The number of hydrogen-bond donors (Lipinski definition) is 1. The largest absolute Gasteiger partial charge is 0.355 e. The van der Waals surface area contributed by atoms with E-state index < -0.39 is 11.2 Å². The molecule has 0 aliphatic heterocycles. The van der Waals surface area contributed by atoms with Crippen molar-refractivity contribution in [2.75, 3.05) is 26.0 Å². The van der Waals surface area contributed by atoms with Crippen molar-refractivity contribution in [2.24, 2.45) is 14.1 Å². The first-order valence-electron chi connectivity index (χ1n) is 4.93. The Morgan fingerprint density at radius 1 is 1.35 bits per heavy atom. The molecular formula is C9H15N5O3. The van der Waals surface area contributed by atoms with Gasteiger partial charge in [-0.25, -0.2) is 9.48 Å². The van der Waals surface area contributed by atoms with Crippen molar-refractivity contribution in [2.45, 2.75) is 0 Å². The van der Waals surface area contributed by atoms with Crippen molar-refractivity contribution >= 4 is 11.7 Å². The third-order valence-electron chi connectivity index (χ3n) is 2.23. The van der Waals surface area contributed by atoms with Crippen molar-refractivity contribution in [1.82, 2.24) is 19.2 Å². The van der Waals surface area contributed by atoms with E-state index in [1.165, 1.54) is 19.0 Å². The van der Waals surface area contributed by atoms with E-state index in [1.54, 1.807) is 14.1 Å². The van der Waals surface area contributed by atoms with Gasteiger partial charge in [0.05, 0.1) is 6.54 Å². The molecule has 8 nitrogen and oxygen atoms in total. The molecule has 17 heavy (non-hydrogen) atoms. The number of carbonyl (C=O) groups excluding carboxylic acids is 1. The van der Waals surface area contributed by atoms with E-state index in [4.69, 9.17) is 0 Å². The molecule has 94 valence electrons. The number of hydrogen-bond acceptors (Lipinski definition) is 5. The smallest absolute Gasteiger partial charge is 0.346 e. The molecule has 0 saturated carbocycles. The first kappa shape index (κ1) is 12.9.